The van der Waals surface area contributed by atoms with Crippen molar-refractivity contribution >= 4 is 41.7 Å². The molecule has 2 aliphatic carbocycles. The van der Waals surface area contributed by atoms with E-state index in [9.17, 15) is 5.11 Å². The summed E-state index contributed by atoms with van der Waals surface area (Å²) in [5, 5.41) is 14.6. The molecule has 3 fully saturated rings. The molecule has 0 aromatic carbocycles. The van der Waals surface area contributed by atoms with E-state index in [4.69, 9.17) is 4.99 Å². The van der Waals surface area contributed by atoms with Crippen LogP contribution in [0.3, 0.4) is 0 Å². The summed E-state index contributed by atoms with van der Waals surface area (Å²) in [5.41, 5.74) is 0.0133. The fourth-order valence-corrected chi connectivity index (χ4v) is 5.24. The summed E-state index contributed by atoms with van der Waals surface area (Å²) in [5.74, 6) is 2.10. The van der Waals surface area contributed by atoms with Crippen LogP contribution in [-0.4, -0.2) is 58.7 Å². The molecule has 0 aromatic heterocycles. The number of aliphatic hydroxyl groups is 1. The molecule has 1 spiro atoms. The molecule has 2 unspecified atom stereocenters. The SMILES string of the molecule is CCNC(=NCC1(O)CCC1SCC)N1CCC2(CCC2)C1.I. The van der Waals surface area contributed by atoms with Crippen LogP contribution in [-0.2, 0) is 0 Å². The highest BCUT2D eigenvalue weighted by Crippen LogP contribution is 2.48. The fraction of sp³-hybridized carbons (Fsp3) is 0.941. The van der Waals surface area contributed by atoms with Crippen molar-refractivity contribution in [3.05, 3.63) is 0 Å². The molecule has 1 saturated heterocycles. The average molecular weight is 453 g/mol. The van der Waals surface area contributed by atoms with Gasteiger partial charge in [-0.1, -0.05) is 13.3 Å². The Morgan fingerprint density at radius 2 is 2.09 bits per heavy atom. The summed E-state index contributed by atoms with van der Waals surface area (Å²) in [7, 11) is 0. The van der Waals surface area contributed by atoms with E-state index >= 15 is 0 Å². The number of rotatable bonds is 5. The van der Waals surface area contributed by atoms with E-state index in [2.05, 4.69) is 24.1 Å². The lowest BCUT2D eigenvalue weighted by atomic mass is 9.68. The monoisotopic (exact) mass is 453 g/mol. The number of thioether (sulfide) groups is 1. The van der Waals surface area contributed by atoms with E-state index in [0.717, 1.165) is 44.2 Å². The Hall–Kier alpha value is 0.310. The molecular weight excluding hydrogens is 421 g/mol. The van der Waals surface area contributed by atoms with Crippen LogP contribution in [0.4, 0.5) is 0 Å². The number of hydrogen-bond acceptors (Lipinski definition) is 3. The van der Waals surface area contributed by atoms with Gasteiger partial charge in [-0.25, -0.2) is 0 Å². The van der Waals surface area contributed by atoms with Crippen molar-refractivity contribution in [1.82, 2.24) is 10.2 Å². The molecule has 4 nitrogen and oxygen atoms in total. The van der Waals surface area contributed by atoms with E-state index in [1.807, 2.05) is 11.8 Å². The Morgan fingerprint density at radius 3 is 2.57 bits per heavy atom. The summed E-state index contributed by atoms with van der Waals surface area (Å²) < 4.78 is 0. The third-order valence-corrected chi connectivity index (χ3v) is 7.21. The van der Waals surface area contributed by atoms with Gasteiger partial charge in [-0.3, -0.25) is 4.99 Å². The van der Waals surface area contributed by atoms with Crippen molar-refractivity contribution in [2.75, 3.05) is 31.9 Å². The summed E-state index contributed by atoms with van der Waals surface area (Å²) in [6.07, 6.45) is 7.53. The van der Waals surface area contributed by atoms with Gasteiger partial charge in [-0.15, -0.1) is 24.0 Å². The second kappa shape index (κ2) is 8.13. The molecule has 3 rings (SSSR count). The smallest absolute Gasteiger partial charge is 0.194 e. The maximum absolute atomic E-state index is 10.7. The van der Waals surface area contributed by atoms with Crippen molar-refractivity contribution < 1.29 is 5.11 Å². The fourth-order valence-electron chi connectivity index (χ4n) is 4.05. The molecule has 0 aromatic rings. The van der Waals surface area contributed by atoms with E-state index in [0.29, 0.717) is 17.2 Å². The number of likely N-dealkylation sites (tertiary alicyclic amines) is 1. The second-order valence-corrected chi connectivity index (χ2v) is 8.76. The topological polar surface area (TPSA) is 47.9 Å². The first-order valence-corrected chi connectivity index (χ1v) is 10.0. The molecule has 6 heteroatoms. The van der Waals surface area contributed by atoms with Gasteiger partial charge in [0.2, 0.25) is 0 Å². The summed E-state index contributed by atoms with van der Waals surface area (Å²) in [4.78, 5) is 7.24. The third-order valence-electron chi connectivity index (χ3n) is 5.80. The molecule has 0 bridgehead atoms. The molecule has 2 atom stereocenters. The van der Waals surface area contributed by atoms with Gasteiger partial charge < -0.3 is 15.3 Å². The Balaban J connectivity index is 0.00000192. The van der Waals surface area contributed by atoms with Gasteiger partial charge in [0.05, 0.1) is 12.1 Å². The van der Waals surface area contributed by atoms with Crippen molar-refractivity contribution in [3.63, 3.8) is 0 Å². The first-order chi connectivity index (χ1) is 10.6. The van der Waals surface area contributed by atoms with Crippen LogP contribution in [0.5, 0.6) is 0 Å². The third kappa shape index (κ3) is 4.11. The van der Waals surface area contributed by atoms with Gasteiger partial charge in [0.25, 0.3) is 0 Å². The maximum atomic E-state index is 10.7. The minimum Gasteiger partial charge on any atom is -0.387 e. The zero-order valence-electron chi connectivity index (χ0n) is 14.5. The first-order valence-electron chi connectivity index (χ1n) is 8.98. The summed E-state index contributed by atoms with van der Waals surface area (Å²) in [6, 6.07) is 0. The van der Waals surface area contributed by atoms with Crippen LogP contribution in [0.1, 0.15) is 52.4 Å². The minimum absolute atomic E-state index is 0. The number of halogens is 1. The second-order valence-electron chi connectivity index (χ2n) is 7.28. The highest BCUT2D eigenvalue weighted by molar-refractivity contribution is 14.0. The number of hydrogen-bond donors (Lipinski definition) is 2. The maximum Gasteiger partial charge on any atom is 0.194 e. The lowest BCUT2D eigenvalue weighted by Gasteiger charge is -2.44. The van der Waals surface area contributed by atoms with Crippen molar-refractivity contribution in [2.24, 2.45) is 10.4 Å². The van der Waals surface area contributed by atoms with Crippen LogP contribution < -0.4 is 5.32 Å². The van der Waals surface area contributed by atoms with Crippen LogP contribution in [0.15, 0.2) is 4.99 Å². The van der Waals surface area contributed by atoms with E-state index in [1.165, 1.54) is 25.7 Å². The van der Waals surface area contributed by atoms with Crippen LogP contribution in [0.25, 0.3) is 0 Å². The highest BCUT2D eigenvalue weighted by atomic mass is 127. The number of guanidine groups is 1. The zero-order chi connectivity index (χ0) is 15.6. The minimum atomic E-state index is -0.574. The van der Waals surface area contributed by atoms with Gasteiger partial charge in [-0.05, 0) is 50.2 Å². The largest absolute Gasteiger partial charge is 0.387 e. The predicted molar refractivity (Wildman–Crippen MR) is 110 cm³/mol. The molecule has 0 radical (unpaired) electrons. The number of aliphatic imine (C=N–C) groups is 1. The standard InChI is InChI=1S/C17H31N3OS.HI/c1-3-18-15(20-11-10-16(13-20)7-5-8-16)19-12-17(21)9-6-14(17)22-4-2;/h14,21H,3-13H2,1-2H3,(H,18,19);1H. The van der Waals surface area contributed by atoms with Crippen molar-refractivity contribution in [3.8, 4) is 0 Å². The lowest BCUT2D eigenvalue weighted by molar-refractivity contribution is -0.0156. The molecule has 2 saturated carbocycles. The number of nitrogens with one attached hydrogen (secondary N) is 1. The van der Waals surface area contributed by atoms with E-state index < -0.39 is 5.60 Å². The molecule has 2 N–H and O–H groups in total. The first kappa shape index (κ1) is 19.6. The van der Waals surface area contributed by atoms with Gasteiger partial charge in [0.1, 0.15) is 0 Å². The van der Waals surface area contributed by atoms with Crippen molar-refractivity contribution in [2.45, 2.75) is 63.2 Å². The zero-order valence-corrected chi connectivity index (χ0v) is 17.7. The van der Waals surface area contributed by atoms with Crippen molar-refractivity contribution in [1.29, 1.82) is 0 Å². The summed E-state index contributed by atoms with van der Waals surface area (Å²) in [6.45, 7) is 8.02. The van der Waals surface area contributed by atoms with Crippen LogP contribution in [0, 0.1) is 5.41 Å². The van der Waals surface area contributed by atoms with E-state index in [-0.39, 0.29) is 24.0 Å². The molecule has 1 heterocycles. The molecule has 1 aliphatic heterocycles. The Bertz CT molecular complexity index is 430. The Morgan fingerprint density at radius 1 is 1.30 bits per heavy atom. The van der Waals surface area contributed by atoms with Gasteiger partial charge in [-0.2, -0.15) is 11.8 Å². The molecule has 134 valence electrons. The normalized spacial score (nSPS) is 32.2. The molecule has 23 heavy (non-hydrogen) atoms. The predicted octanol–water partition coefficient (Wildman–Crippen LogP) is 3.09. The van der Waals surface area contributed by atoms with Gasteiger partial charge >= 0.3 is 0 Å². The molecule has 3 aliphatic rings. The summed E-state index contributed by atoms with van der Waals surface area (Å²) >= 11 is 1.88. The number of nitrogens with zero attached hydrogens (tertiary/aromatic N) is 2. The molecular formula is C17H32IN3OS. The average Bonchev–Trinajstić information content (AvgIpc) is 2.93. The highest BCUT2D eigenvalue weighted by Gasteiger charge is 2.46. The van der Waals surface area contributed by atoms with Crippen LogP contribution >= 0.6 is 35.7 Å². The quantitative estimate of drug-likeness (QED) is 0.382. The van der Waals surface area contributed by atoms with Gasteiger partial charge in [0, 0.05) is 24.9 Å². The lowest BCUT2D eigenvalue weighted by Crippen LogP contribution is -2.53. The van der Waals surface area contributed by atoms with E-state index in [1.54, 1.807) is 0 Å². The Kier molecular flexibility index (Phi) is 6.94. The van der Waals surface area contributed by atoms with Crippen LogP contribution in [0.2, 0.25) is 0 Å². The Labute approximate surface area is 162 Å². The molecule has 0 amide bonds. The van der Waals surface area contributed by atoms with Gasteiger partial charge in [0.15, 0.2) is 5.96 Å².